The summed E-state index contributed by atoms with van der Waals surface area (Å²) in [5, 5.41) is 13.6. The van der Waals surface area contributed by atoms with Crippen molar-refractivity contribution in [3.63, 3.8) is 0 Å². The van der Waals surface area contributed by atoms with Gasteiger partial charge in [-0.15, -0.1) is 5.10 Å². The number of esters is 1. The fraction of sp³-hybridized carbons (Fsp3) is 0.286. The minimum absolute atomic E-state index is 0.0471. The highest BCUT2D eigenvalue weighted by Crippen LogP contribution is 2.27. The van der Waals surface area contributed by atoms with Gasteiger partial charge in [-0.2, -0.15) is 18.3 Å². The summed E-state index contributed by atoms with van der Waals surface area (Å²) in [7, 11) is 0. The second kappa shape index (κ2) is 7.31. The highest BCUT2D eigenvalue weighted by atomic mass is 35.5. The molecular formula is C14H11ClF3N7O2. The zero-order valence-electron chi connectivity index (χ0n) is 13.7. The molecule has 9 nitrogen and oxygen atoms in total. The predicted octanol–water partition coefficient (Wildman–Crippen LogP) is 2.15. The Bertz CT molecular complexity index is 970. The highest BCUT2D eigenvalue weighted by molar-refractivity contribution is 6.32. The lowest BCUT2D eigenvalue weighted by Gasteiger charge is -2.07. The Labute approximate surface area is 154 Å². The summed E-state index contributed by atoms with van der Waals surface area (Å²) in [6, 6.07) is 4.38. The SMILES string of the molecule is CCOC(=O)c1cc(Cn2nnnc2C(F)(F)F)nn1-c1ncccc1Cl. The number of hydrogen-bond acceptors (Lipinski definition) is 7. The normalized spacial score (nSPS) is 11.6. The predicted molar refractivity (Wildman–Crippen MR) is 84.2 cm³/mol. The number of hydrogen-bond donors (Lipinski definition) is 0. The van der Waals surface area contributed by atoms with Gasteiger partial charge in [0.1, 0.15) is 0 Å². The van der Waals surface area contributed by atoms with Gasteiger partial charge in [-0.05, 0) is 35.5 Å². The fourth-order valence-corrected chi connectivity index (χ4v) is 2.42. The van der Waals surface area contributed by atoms with Crippen molar-refractivity contribution < 1.29 is 22.7 Å². The molecule has 0 N–H and O–H groups in total. The maximum Gasteiger partial charge on any atom is 0.453 e. The van der Waals surface area contributed by atoms with Crippen LogP contribution in [0.1, 0.15) is 28.9 Å². The van der Waals surface area contributed by atoms with E-state index in [1.165, 1.54) is 18.3 Å². The van der Waals surface area contributed by atoms with Crippen LogP contribution in [0.2, 0.25) is 5.02 Å². The van der Waals surface area contributed by atoms with Gasteiger partial charge in [0.2, 0.25) is 0 Å². The molecule has 0 radical (unpaired) electrons. The van der Waals surface area contributed by atoms with Crippen LogP contribution in [-0.4, -0.2) is 47.5 Å². The molecule has 0 unspecified atom stereocenters. The summed E-state index contributed by atoms with van der Waals surface area (Å²) in [4.78, 5) is 16.3. The van der Waals surface area contributed by atoms with Crippen molar-refractivity contribution in [2.24, 2.45) is 0 Å². The molecule has 0 aliphatic heterocycles. The summed E-state index contributed by atoms with van der Waals surface area (Å²) in [5.74, 6) is -1.89. The van der Waals surface area contributed by atoms with Crippen LogP contribution in [-0.2, 0) is 17.5 Å². The van der Waals surface area contributed by atoms with E-state index in [9.17, 15) is 18.0 Å². The van der Waals surface area contributed by atoms with E-state index in [0.717, 1.165) is 4.68 Å². The van der Waals surface area contributed by atoms with Crippen LogP contribution >= 0.6 is 11.6 Å². The number of pyridine rings is 1. The fourth-order valence-electron chi connectivity index (χ4n) is 2.22. The third-order valence-electron chi connectivity index (χ3n) is 3.28. The molecule has 0 saturated heterocycles. The van der Waals surface area contributed by atoms with Gasteiger partial charge in [0.25, 0.3) is 5.82 Å². The minimum Gasteiger partial charge on any atom is -0.461 e. The van der Waals surface area contributed by atoms with Crippen LogP contribution in [0.4, 0.5) is 13.2 Å². The monoisotopic (exact) mass is 401 g/mol. The van der Waals surface area contributed by atoms with E-state index in [4.69, 9.17) is 16.3 Å². The lowest BCUT2D eigenvalue weighted by molar-refractivity contribution is -0.147. The molecule has 13 heteroatoms. The first-order chi connectivity index (χ1) is 12.8. The lowest BCUT2D eigenvalue weighted by atomic mass is 10.3. The van der Waals surface area contributed by atoms with Crippen molar-refractivity contribution in [2.75, 3.05) is 6.61 Å². The quantitative estimate of drug-likeness (QED) is 0.604. The molecule has 3 rings (SSSR count). The van der Waals surface area contributed by atoms with E-state index in [1.807, 2.05) is 0 Å². The van der Waals surface area contributed by atoms with E-state index in [2.05, 4.69) is 25.6 Å². The number of rotatable bonds is 5. The molecule has 0 saturated carbocycles. The second-order valence-corrected chi connectivity index (χ2v) is 5.53. The Balaban J connectivity index is 2.03. The highest BCUT2D eigenvalue weighted by Gasteiger charge is 2.38. The minimum atomic E-state index is -4.74. The maximum atomic E-state index is 12.9. The van der Waals surface area contributed by atoms with Crippen molar-refractivity contribution in [2.45, 2.75) is 19.6 Å². The molecule has 27 heavy (non-hydrogen) atoms. The Morgan fingerprint density at radius 2 is 2.15 bits per heavy atom. The van der Waals surface area contributed by atoms with Crippen molar-refractivity contribution >= 4 is 17.6 Å². The van der Waals surface area contributed by atoms with Crippen LogP contribution in [0.15, 0.2) is 24.4 Å². The molecule has 3 heterocycles. The molecular weight excluding hydrogens is 391 g/mol. The number of halogens is 4. The summed E-state index contributed by atoms with van der Waals surface area (Å²) in [6.45, 7) is 1.29. The second-order valence-electron chi connectivity index (χ2n) is 5.12. The van der Waals surface area contributed by atoms with Gasteiger partial charge in [0.15, 0.2) is 11.5 Å². The van der Waals surface area contributed by atoms with E-state index >= 15 is 0 Å². The lowest BCUT2D eigenvalue weighted by Crippen LogP contribution is -2.17. The van der Waals surface area contributed by atoms with Gasteiger partial charge < -0.3 is 4.74 Å². The van der Waals surface area contributed by atoms with E-state index in [1.54, 1.807) is 13.0 Å². The zero-order chi connectivity index (χ0) is 19.6. The number of alkyl halides is 3. The molecule has 0 aliphatic carbocycles. The molecule has 0 aliphatic rings. The van der Waals surface area contributed by atoms with Gasteiger partial charge in [-0.3, -0.25) is 0 Å². The van der Waals surface area contributed by atoms with E-state index in [0.29, 0.717) is 4.68 Å². The van der Waals surface area contributed by atoms with Gasteiger partial charge in [0.05, 0.1) is 23.9 Å². The van der Waals surface area contributed by atoms with Crippen LogP contribution < -0.4 is 0 Å². The van der Waals surface area contributed by atoms with Crippen molar-refractivity contribution in [1.29, 1.82) is 0 Å². The molecule has 0 bridgehead atoms. The first-order valence-corrected chi connectivity index (χ1v) is 7.89. The average molecular weight is 402 g/mol. The zero-order valence-corrected chi connectivity index (χ0v) is 14.4. The Morgan fingerprint density at radius 3 is 2.81 bits per heavy atom. The standard InChI is InChI=1S/C14H11ClF3N7O2/c1-2-27-12(26)10-6-8(7-24-13(14(16,17)18)20-22-23-24)21-25(10)11-9(15)4-3-5-19-11/h3-6H,2,7H2,1H3. The number of aromatic nitrogens is 7. The number of nitrogens with zero attached hydrogens (tertiary/aromatic N) is 7. The van der Waals surface area contributed by atoms with Gasteiger partial charge in [-0.25, -0.2) is 19.1 Å². The number of tetrazole rings is 1. The van der Waals surface area contributed by atoms with E-state index in [-0.39, 0.29) is 28.8 Å². The molecule has 0 atom stereocenters. The molecule has 0 spiro atoms. The van der Waals surface area contributed by atoms with Crippen LogP contribution in [0.25, 0.3) is 5.82 Å². The largest absolute Gasteiger partial charge is 0.461 e. The van der Waals surface area contributed by atoms with Crippen molar-refractivity contribution in [3.8, 4) is 5.82 Å². The molecule has 0 aromatic carbocycles. The summed E-state index contributed by atoms with van der Waals surface area (Å²) >= 11 is 6.09. The van der Waals surface area contributed by atoms with Crippen LogP contribution in [0, 0.1) is 0 Å². The maximum absolute atomic E-state index is 12.9. The van der Waals surface area contributed by atoms with E-state index < -0.39 is 24.5 Å². The first-order valence-electron chi connectivity index (χ1n) is 7.51. The Morgan fingerprint density at radius 1 is 1.37 bits per heavy atom. The van der Waals surface area contributed by atoms with Gasteiger partial charge >= 0.3 is 12.1 Å². The molecule has 0 fully saturated rings. The van der Waals surface area contributed by atoms with Crippen LogP contribution in [0.3, 0.4) is 0 Å². The number of carbonyl (C=O) groups is 1. The molecule has 3 aromatic rings. The summed E-state index contributed by atoms with van der Waals surface area (Å²) < 4.78 is 45.4. The number of carbonyl (C=O) groups excluding carboxylic acids is 1. The first kappa shape index (κ1) is 18.8. The van der Waals surface area contributed by atoms with Gasteiger partial charge in [0, 0.05) is 6.20 Å². The van der Waals surface area contributed by atoms with Gasteiger partial charge in [-0.1, -0.05) is 11.6 Å². The molecule has 3 aromatic heterocycles. The Hall–Kier alpha value is -3.02. The van der Waals surface area contributed by atoms with Crippen molar-refractivity contribution in [1.82, 2.24) is 35.0 Å². The third kappa shape index (κ3) is 3.89. The smallest absolute Gasteiger partial charge is 0.453 e. The summed E-state index contributed by atoms with van der Waals surface area (Å²) in [6.07, 6.45) is -3.30. The number of ether oxygens (including phenoxy) is 1. The Kier molecular flexibility index (Phi) is 5.08. The van der Waals surface area contributed by atoms with Crippen molar-refractivity contribution in [3.05, 3.63) is 46.6 Å². The molecule has 142 valence electrons. The van der Waals surface area contributed by atoms with Crippen LogP contribution in [0.5, 0.6) is 0 Å². The topological polar surface area (TPSA) is 101 Å². The third-order valence-corrected chi connectivity index (χ3v) is 3.58. The summed E-state index contributed by atoms with van der Waals surface area (Å²) in [5.41, 5.74) is 0.0339. The average Bonchev–Trinajstić information content (AvgIpc) is 3.22. The molecule has 0 amide bonds.